The average Bonchev–Trinajstić information content (AvgIpc) is 3.09. The zero-order valence-electron chi connectivity index (χ0n) is 21.7. The molecule has 0 saturated carbocycles. The molecular weight excluding hydrogens is 368 g/mol. The smallest absolute Gasteiger partial charge is 0.334 e. The van der Waals surface area contributed by atoms with E-state index in [2.05, 4.69) is 44.8 Å². The molecule has 0 bridgehead atoms. The molecule has 0 aliphatic heterocycles. The van der Waals surface area contributed by atoms with Crippen LogP contribution in [0.2, 0.25) is 0 Å². The lowest BCUT2D eigenvalue weighted by molar-refractivity contribution is -0.663. The fraction of sp³-hybridized carbons (Fsp3) is 0.407. The predicted molar refractivity (Wildman–Crippen MR) is 123 cm³/mol. The van der Waals surface area contributed by atoms with Gasteiger partial charge >= 0.3 is 5.82 Å². The maximum Gasteiger partial charge on any atom is 0.334 e. The van der Waals surface area contributed by atoms with E-state index in [0.717, 1.165) is 40.8 Å². The summed E-state index contributed by atoms with van der Waals surface area (Å²) in [6.45, 7) is 8.79. The third-order valence-electron chi connectivity index (χ3n) is 7.04. The summed E-state index contributed by atoms with van der Waals surface area (Å²) in [5, 5.41) is 1.55. The third kappa shape index (κ3) is 2.57. The summed E-state index contributed by atoms with van der Waals surface area (Å²) in [4.78, 5) is 4.62. The zero-order valence-corrected chi connectivity index (χ0v) is 18.7. The summed E-state index contributed by atoms with van der Waals surface area (Å²) < 4.78 is 33.5. The first-order chi connectivity index (χ1) is 15.3. The molecule has 3 heteroatoms. The number of rotatable bonds is 1. The first-order valence-electron chi connectivity index (χ1n) is 12.2. The first-order valence-corrected chi connectivity index (χ1v) is 10.7. The molecule has 2 heterocycles. The Labute approximate surface area is 183 Å². The molecule has 0 amide bonds. The molecule has 0 saturated heterocycles. The van der Waals surface area contributed by atoms with Crippen LogP contribution in [0.5, 0.6) is 0 Å². The molecule has 0 atom stereocenters. The van der Waals surface area contributed by atoms with E-state index in [-0.39, 0.29) is 10.8 Å². The van der Waals surface area contributed by atoms with E-state index in [1.807, 2.05) is 30.8 Å². The Morgan fingerprint density at radius 3 is 2.57 bits per heavy atom. The van der Waals surface area contributed by atoms with Gasteiger partial charge in [-0.25, -0.2) is 4.57 Å². The number of nitrogens with zero attached hydrogens (tertiary/aromatic N) is 2. The van der Waals surface area contributed by atoms with Crippen LogP contribution in [0.25, 0.3) is 33.3 Å². The van der Waals surface area contributed by atoms with Crippen molar-refractivity contribution in [2.45, 2.75) is 65.1 Å². The van der Waals surface area contributed by atoms with Crippen LogP contribution in [0, 0.1) is 13.8 Å². The Hall–Kier alpha value is -2.68. The van der Waals surface area contributed by atoms with Crippen LogP contribution < -0.4 is 4.57 Å². The summed E-state index contributed by atoms with van der Waals surface area (Å²) in [6.07, 6.45) is 5.86. The lowest BCUT2D eigenvalue weighted by Crippen LogP contribution is -2.33. The van der Waals surface area contributed by atoms with Crippen LogP contribution in [-0.4, -0.2) is 4.98 Å². The van der Waals surface area contributed by atoms with Gasteiger partial charge in [0.05, 0.1) is 13.2 Å². The van der Waals surface area contributed by atoms with Crippen molar-refractivity contribution in [3.8, 4) is 11.4 Å². The first kappa shape index (κ1) is 16.1. The van der Waals surface area contributed by atoms with E-state index in [0.29, 0.717) is 16.5 Å². The van der Waals surface area contributed by atoms with Crippen LogP contribution in [0.1, 0.15) is 66.9 Å². The lowest BCUT2D eigenvalue weighted by Gasteiger charge is -2.41. The summed E-state index contributed by atoms with van der Waals surface area (Å²) in [5.74, 6) is 0.754. The van der Waals surface area contributed by atoms with Crippen molar-refractivity contribution in [2.24, 2.45) is 7.05 Å². The van der Waals surface area contributed by atoms with Crippen LogP contribution in [-0.2, 0) is 17.9 Å². The van der Waals surface area contributed by atoms with Gasteiger partial charge in [0.1, 0.15) is 17.3 Å². The average molecular weight is 403 g/mol. The highest BCUT2D eigenvalue weighted by Gasteiger charge is 2.40. The van der Waals surface area contributed by atoms with Gasteiger partial charge in [0.2, 0.25) is 0 Å². The molecule has 0 unspecified atom stereocenters. The maximum absolute atomic E-state index is 8.28. The third-order valence-corrected chi connectivity index (χ3v) is 7.04. The van der Waals surface area contributed by atoms with Gasteiger partial charge in [0.25, 0.3) is 0 Å². The predicted octanol–water partition coefficient (Wildman–Crippen LogP) is 6.44. The monoisotopic (exact) mass is 402 g/mol. The summed E-state index contributed by atoms with van der Waals surface area (Å²) in [6, 6.07) is 7.93. The molecule has 154 valence electrons. The molecule has 3 nitrogen and oxygen atoms in total. The van der Waals surface area contributed by atoms with E-state index in [1.54, 1.807) is 12.3 Å². The van der Waals surface area contributed by atoms with Gasteiger partial charge in [-0.05, 0) is 59.1 Å². The Morgan fingerprint density at radius 2 is 1.83 bits per heavy atom. The Bertz CT molecular complexity index is 1430. The van der Waals surface area contributed by atoms with Gasteiger partial charge in [-0.2, -0.15) is 0 Å². The standard InChI is InChI=1S/C27H31N2O/c1-16-15-17(2)21(25-28-13-8-14-29(25)7)24-20(16)18-9-10-19-22(23(18)30-24)27(5,6)12-11-26(19,3)4/h8-10,13-15H,11-12H2,1-7H3/q+1/i1D3. The number of furan rings is 1. The van der Waals surface area contributed by atoms with Gasteiger partial charge < -0.3 is 4.42 Å². The van der Waals surface area contributed by atoms with Crippen molar-refractivity contribution in [2.75, 3.05) is 0 Å². The Kier molecular flexibility index (Phi) is 3.30. The number of hydrogen-bond acceptors (Lipinski definition) is 2. The van der Waals surface area contributed by atoms with Gasteiger partial charge in [0.15, 0.2) is 5.58 Å². The van der Waals surface area contributed by atoms with E-state index in [4.69, 9.17) is 8.53 Å². The molecule has 1 aliphatic rings. The molecule has 2 aromatic heterocycles. The fourth-order valence-electron chi connectivity index (χ4n) is 5.23. The molecular formula is C27H31N2O+. The van der Waals surface area contributed by atoms with E-state index >= 15 is 0 Å². The zero-order chi connectivity index (χ0) is 23.9. The lowest BCUT2D eigenvalue weighted by atomic mass is 9.63. The number of benzene rings is 2. The van der Waals surface area contributed by atoms with Gasteiger partial charge in [-0.15, -0.1) is 0 Å². The van der Waals surface area contributed by atoms with E-state index < -0.39 is 6.85 Å². The number of aromatic nitrogens is 2. The molecule has 0 fully saturated rings. The fourth-order valence-corrected chi connectivity index (χ4v) is 5.23. The van der Waals surface area contributed by atoms with Crippen LogP contribution in [0.4, 0.5) is 0 Å². The van der Waals surface area contributed by atoms with Crippen molar-refractivity contribution >= 4 is 21.9 Å². The molecule has 1 aliphatic carbocycles. The maximum atomic E-state index is 8.28. The highest BCUT2D eigenvalue weighted by atomic mass is 16.3. The second-order valence-corrected chi connectivity index (χ2v) is 10.1. The minimum absolute atomic E-state index is 0.0387. The molecule has 0 spiro atoms. The number of aryl methyl sites for hydroxylation is 3. The van der Waals surface area contributed by atoms with Crippen molar-refractivity contribution in [1.29, 1.82) is 0 Å². The van der Waals surface area contributed by atoms with E-state index in [1.165, 1.54) is 11.1 Å². The number of hydrogen-bond donors (Lipinski definition) is 0. The quantitative estimate of drug-likeness (QED) is 0.343. The van der Waals surface area contributed by atoms with Gasteiger partial charge in [-0.1, -0.05) is 45.9 Å². The second kappa shape index (κ2) is 6.16. The summed E-state index contributed by atoms with van der Waals surface area (Å²) in [5.41, 5.74) is 5.92. The molecule has 30 heavy (non-hydrogen) atoms. The minimum atomic E-state index is -2.25. The van der Waals surface area contributed by atoms with Crippen molar-refractivity contribution < 1.29 is 13.1 Å². The SMILES string of the molecule is [2H]C([2H])([2H])c1cc(C)c(-c2nccc[n+]2C)c2oc3c4c(ccc3c12)C(C)(C)CCC4(C)C. The van der Waals surface area contributed by atoms with Crippen LogP contribution in [0.15, 0.2) is 41.1 Å². The topological polar surface area (TPSA) is 29.9 Å². The van der Waals surface area contributed by atoms with Crippen molar-refractivity contribution in [1.82, 2.24) is 4.98 Å². The van der Waals surface area contributed by atoms with Crippen molar-refractivity contribution in [3.05, 3.63) is 58.9 Å². The van der Waals surface area contributed by atoms with Crippen molar-refractivity contribution in [3.63, 3.8) is 0 Å². The largest absolute Gasteiger partial charge is 0.455 e. The second-order valence-electron chi connectivity index (χ2n) is 10.1. The number of fused-ring (bicyclic) bond motifs is 5. The minimum Gasteiger partial charge on any atom is -0.455 e. The summed E-state index contributed by atoms with van der Waals surface area (Å²) in [7, 11) is 1.95. The molecule has 5 rings (SSSR count). The van der Waals surface area contributed by atoms with E-state index in [9.17, 15) is 0 Å². The van der Waals surface area contributed by atoms with Crippen LogP contribution >= 0.6 is 0 Å². The Morgan fingerprint density at radius 1 is 1.07 bits per heavy atom. The van der Waals surface area contributed by atoms with Crippen LogP contribution in [0.3, 0.4) is 0 Å². The molecule has 2 aromatic carbocycles. The summed E-state index contributed by atoms with van der Waals surface area (Å²) >= 11 is 0. The van der Waals surface area contributed by atoms with Gasteiger partial charge in [-0.3, -0.25) is 0 Å². The molecule has 0 N–H and O–H groups in total. The molecule has 4 aromatic rings. The Balaban J connectivity index is 2.01. The normalized spacial score (nSPS) is 19.3. The highest BCUT2D eigenvalue weighted by molar-refractivity contribution is 6.12. The van der Waals surface area contributed by atoms with Gasteiger partial charge in [0, 0.05) is 26.5 Å². The molecule has 0 radical (unpaired) electrons. The highest BCUT2D eigenvalue weighted by Crippen LogP contribution is 2.50.